The van der Waals surface area contributed by atoms with Gasteiger partial charge in [-0.15, -0.1) is 0 Å². The van der Waals surface area contributed by atoms with Crippen LogP contribution in [-0.4, -0.2) is 27.1 Å². The molecule has 1 amide bonds. The molecule has 0 spiro atoms. The molecule has 0 aliphatic carbocycles. The molecule has 22 heavy (non-hydrogen) atoms. The van der Waals surface area contributed by atoms with Gasteiger partial charge in [0, 0.05) is 23.0 Å². The monoisotopic (exact) mass is 321 g/mol. The van der Waals surface area contributed by atoms with Crippen molar-refractivity contribution in [3.63, 3.8) is 0 Å². The minimum atomic E-state index is -0.658. The first-order valence-electron chi connectivity index (χ1n) is 7.03. The van der Waals surface area contributed by atoms with Crippen molar-refractivity contribution in [3.05, 3.63) is 48.0 Å². The molecule has 0 saturated carbocycles. The summed E-state index contributed by atoms with van der Waals surface area (Å²) in [5.74, 6) is 0.426. The predicted molar refractivity (Wildman–Crippen MR) is 86.0 cm³/mol. The Morgan fingerprint density at radius 1 is 1.36 bits per heavy atom. The zero-order valence-electron chi connectivity index (χ0n) is 12.9. The van der Waals surface area contributed by atoms with Gasteiger partial charge >= 0.3 is 0 Å². The van der Waals surface area contributed by atoms with E-state index in [0.717, 1.165) is 0 Å². The van der Waals surface area contributed by atoms with E-state index in [4.69, 9.17) is 16.3 Å². The fourth-order valence-corrected chi connectivity index (χ4v) is 2.01. The summed E-state index contributed by atoms with van der Waals surface area (Å²) in [5, 5.41) is 3.56. The minimum absolute atomic E-state index is 0.170. The maximum atomic E-state index is 12.5. The summed E-state index contributed by atoms with van der Waals surface area (Å²) in [4.78, 5) is 16.4. The molecule has 1 N–H and O–H groups in total. The average Bonchev–Trinajstić information content (AvgIpc) is 2.91. The van der Waals surface area contributed by atoms with E-state index >= 15 is 0 Å². The number of carbonyl (C=O) groups excluding carboxylic acids is 1. The third-order valence-corrected chi connectivity index (χ3v) is 3.07. The third-order valence-electron chi connectivity index (χ3n) is 2.82. The Bertz CT molecular complexity index is 603. The number of nitrogens with one attached hydrogen (secondary N) is 1. The summed E-state index contributed by atoms with van der Waals surface area (Å²) in [6.07, 6.45) is 4.46. The standard InChI is InChI=1S/C16H20ClN3O2/c1-16(2,3)19-15(21)14(10-20-9-8-18-11-20)22-13-6-4-12(17)5-7-13/h4-9,11,14H,10H2,1-3H3,(H,19,21). The van der Waals surface area contributed by atoms with Gasteiger partial charge in [-0.25, -0.2) is 4.98 Å². The molecule has 1 heterocycles. The van der Waals surface area contributed by atoms with Crippen molar-refractivity contribution in [3.8, 4) is 5.75 Å². The van der Waals surface area contributed by atoms with Crippen molar-refractivity contribution in [2.45, 2.75) is 39.0 Å². The Labute approximate surface area is 135 Å². The molecular weight excluding hydrogens is 302 g/mol. The van der Waals surface area contributed by atoms with Crippen molar-refractivity contribution in [1.82, 2.24) is 14.9 Å². The van der Waals surface area contributed by atoms with E-state index in [2.05, 4.69) is 10.3 Å². The van der Waals surface area contributed by atoms with Gasteiger partial charge in [0.1, 0.15) is 5.75 Å². The molecule has 1 aromatic heterocycles. The smallest absolute Gasteiger partial charge is 0.263 e. The van der Waals surface area contributed by atoms with Gasteiger partial charge in [-0.05, 0) is 45.0 Å². The summed E-state index contributed by atoms with van der Waals surface area (Å²) in [6.45, 7) is 6.18. The van der Waals surface area contributed by atoms with Crippen LogP contribution in [0.2, 0.25) is 5.02 Å². The van der Waals surface area contributed by atoms with Gasteiger partial charge in [-0.3, -0.25) is 4.79 Å². The SMILES string of the molecule is CC(C)(C)NC(=O)C(Cn1ccnc1)Oc1ccc(Cl)cc1. The van der Waals surface area contributed by atoms with E-state index < -0.39 is 6.10 Å². The maximum Gasteiger partial charge on any atom is 0.263 e. The lowest BCUT2D eigenvalue weighted by Crippen LogP contribution is -2.49. The number of benzene rings is 1. The van der Waals surface area contributed by atoms with Crippen molar-refractivity contribution in [1.29, 1.82) is 0 Å². The lowest BCUT2D eigenvalue weighted by molar-refractivity contribution is -0.130. The average molecular weight is 322 g/mol. The molecule has 2 rings (SSSR count). The summed E-state index contributed by atoms with van der Waals surface area (Å²) in [7, 11) is 0. The first kappa shape index (κ1) is 16.4. The molecule has 0 radical (unpaired) electrons. The van der Waals surface area contributed by atoms with E-state index in [1.54, 1.807) is 43.0 Å². The summed E-state index contributed by atoms with van der Waals surface area (Å²) in [6, 6.07) is 6.95. The van der Waals surface area contributed by atoms with Crippen LogP contribution in [0.1, 0.15) is 20.8 Å². The number of imidazole rings is 1. The second-order valence-electron chi connectivity index (χ2n) is 6.06. The Morgan fingerprint density at radius 2 is 2.05 bits per heavy atom. The fraction of sp³-hybridized carbons (Fsp3) is 0.375. The van der Waals surface area contributed by atoms with Crippen molar-refractivity contribution < 1.29 is 9.53 Å². The normalized spacial score (nSPS) is 12.7. The first-order valence-corrected chi connectivity index (χ1v) is 7.41. The number of nitrogens with zero attached hydrogens (tertiary/aromatic N) is 2. The molecule has 0 bridgehead atoms. The van der Waals surface area contributed by atoms with Crippen molar-refractivity contribution in [2.75, 3.05) is 0 Å². The van der Waals surface area contributed by atoms with Gasteiger partial charge in [0.2, 0.25) is 0 Å². The van der Waals surface area contributed by atoms with Crippen LogP contribution in [0.4, 0.5) is 0 Å². The lowest BCUT2D eigenvalue weighted by Gasteiger charge is -2.25. The van der Waals surface area contributed by atoms with E-state index in [0.29, 0.717) is 17.3 Å². The second-order valence-corrected chi connectivity index (χ2v) is 6.50. The van der Waals surface area contributed by atoms with Crippen LogP contribution in [0.15, 0.2) is 43.0 Å². The second kappa shape index (κ2) is 6.83. The highest BCUT2D eigenvalue weighted by molar-refractivity contribution is 6.30. The topological polar surface area (TPSA) is 56.2 Å². The zero-order valence-corrected chi connectivity index (χ0v) is 13.7. The van der Waals surface area contributed by atoms with Gasteiger partial charge in [-0.2, -0.15) is 0 Å². The summed E-state index contributed by atoms with van der Waals surface area (Å²) in [5.41, 5.74) is -0.326. The fourth-order valence-electron chi connectivity index (χ4n) is 1.89. The quantitative estimate of drug-likeness (QED) is 0.921. The van der Waals surface area contributed by atoms with Gasteiger partial charge in [-0.1, -0.05) is 11.6 Å². The molecule has 1 aromatic carbocycles. The van der Waals surface area contributed by atoms with E-state index in [-0.39, 0.29) is 11.4 Å². The van der Waals surface area contributed by atoms with Gasteiger partial charge < -0.3 is 14.6 Å². The van der Waals surface area contributed by atoms with Crippen molar-refractivity contribution >= 4 is 17.5 Å². The molecule has 6 heteroatoms. The molecule has 2 aromatic rings. The molecule has 0 saturated heterocycles. The summed E-state index contributed by atoms with van der Waals surface area (Å²) >= 11 is 5.87. The molecule has 5 nitrogen and oxygen atoms in total. The van der Waals surface area contributed by atoms with Crippen LogP contribution >= 0.6 is 11.6 Å². The number of halogens is 1. The maximum absolute atomic E-state index is 12.5. The van der Waals surface area contributed by atoms with Gasteiger partial charge in [0.05, 0.1) is 12.9 Å². The molecule has 1 atom stereocenters. The zero-order chi connectivity index (χ0) is 16.2. The summed E-state index contributed by atoms with van der Waals surface area (Å²) < 4.78 is 7.64. The van der Waals surface area contributed by atoms with Crippen LogP contribution in [0.5, 0.6) is 5.75 Å². The van der Waals surface area contributed by atoms with Gasteiger partial charge in [0.25, 0.3) is 5.91 Å². The number of rotatable bonds is 5. The number of aromatic nitrogens is 2. The van der Waals surface area contributed by atoms with Crippen molar-refractivity contribution in [2.24, 2.45) is 0 Å². The molecule has 0 aliphatic heterocycles. The highest BCUT2D eigenvalue weighted by atomic mass is 35.5. The Kier molecular flexibility index (Phi) is 5.08. The Morgan fingerprint density at radius 3 is 2.59 bits per heavy atom. The Balaban J connectivity index is 2.13. The third kappa shape index (κ3) is 5.07. The van der Waals surface area contributed by atoms with Crippen LogP contribution in [0.3, 0.4) is 0 Å². The molecule has 0 aliphatic rings. The number of carbonyl (C=O) groups is 1. The van der Waals surface area contributed by atoms with Gasteiger partial charge in [0.15, 0.2) is 6.10 Å². The number of hydrogen-bond donors (Lipinski definition) is 1. The van der Waals surface area contributed by atoms with E-state index in [9.17, 15) is 4.79 Å². The Hall–Kier alpha value is -2.01. The minimum Gasteiger partial charge on any atom is -0.479 e. The van der Waals surface area contributed by atoms with Crippen LogP contribution in [0.25, 0.3) is 0 Å². The first-order chi connectivity index (χ1) is 10.3. The number of hydrogen-bond acceptors (Lipinski definition) is 3. The van der Waals surface area contributed by atoms with E-state index in [1.165, 1.54) is 0 Å². The molecule has 1 unspecified atom stereocenters. The highest BCUT2D eigenvalue weighted by Gasteiger charge is 2.25. The highest BCUT2D eigenvalue weighted by Crippen LogP contribution is 2.18. The number of ether oxygens (including phenoxy) is 1. The molecule has 0 fully saturated rings. The largest absolute Gasteiger partial charge is 0.479 e. The van der Waals surface area contributed by atoms with E-state index in [1.807, 2.05) is 25.3 Å². The predicted octanol–water partition coefficient (Wildman–Crippen LogP) is 2.90. The molecule has 118 valence electrons. The van der Waals surface area contributed by atoms with Crippen LogP contribution in [0, 0.1) is 0 Å². The number of amides is 1. The lowest BCUT2D eigenvalue weighted by atomic mass is 10.1. The molecular formula is C16H20ClN3O2. The van der Waals surface area contributed by atoms with Crippen LogP contribution < -0.4 is 10.1 Å². The van der Waals surface area contributed by atoms with Crippen LogP contribution in [-0.2, 0) is 11.3 Å².